The third kappa shape index (κ3) is 2.46. The summed E-state index contributed by atoms with van der Waals surface area (Å²) in [5.74, 6) is 3.52. The molecule has 1 fully saturated rings. The number of carbonyl (C=O) groups excluding carboxylic acids is 1. The van der Waals surface area contributed by atoms with Gasteiger partial charge in [-0.25, -0.2) is 9.59 Å². The number of hydrogen-bond donors (Lipinski definition) is 2. The first-order valence-corrected chi connectivity index (χ1v) is 7.14. The second-order valence-corrected chi connectivity index (χ2v) is 5.89. The van der Waals surface area contributed by atoms with Crippen LogP contribution >= 0.6 is 0 Å². The smallest absolute Gasteiger partial charge is 0.274 e. The van der Waals surface area contributed by atoms with Crippen molar-refractivity contribution in [2.24, 2.45) is 22.9 Å². The molecule has 3 rings (SSSR count). The lowest BCUT2D eigenvalue weighted by molar-refractivity contribution is 0.534. The van der Waals surface area contributed by atoms with E-state index in [1.54, 1.807) is 6.08 Å². The normalized spacial score (nSPS) is 23.5. The summed E-state index contributed by atoms with van der Waals surface area (Å²) in [5.41, 5.74) is 2.74. The van der Waals surface area contributed by atoms with E-state index in [1.807, 2.05) is 5.94 Å². The van der Waals surface area contributed by atoms with Crippen LogP contribution < -0.4 is 16.7 Å². The predicted molar refractivity (Wildman–Crippen MR) is 81.0 cm³/mol. The molecule has 0 saturated heterocycles. The van der Waals surface area contributed by atoms with Gasteiger partial charge in [0.25, 0.3) is 5.56 Å². The number of H-pyrrole nitrogens is 1. The molecule has 1 saturated carbocycles. The quantitative estimate of drug-likeness (QED) is 0.764. The van der Waals surface area contributed by atoms with Gasteiger partial charge in [-0.15, -0.1) is 0 Å². The maximum atomic E-state index is 11.8. The molecule has 0 amide bonds. The zero-order valence-electron chi connectivity index (χ0n) is 12.3. The SMILES string of the molecule is CC(C)[C@H]1C[C@@H]1C1=CC(n2ccc(=O)[nH]c2=O)=NNC1=C=O. The van der Waals surface area contributed by atoms with E-state index in [9.17, 15) is 14.4 Å². The van der Waals surface area contributed by atoms with Gasteiger partial charge in [-0.3, -0.25) is 19.8 Å². The fourth-order valence-electron chi connectivity index (χ4n) is 2.83. The summed E-state index contributed by atoms with van der Waals surface area (Å²) in [4.78, 5) is 36.2. The molecule has 0 unspecified atom stereocenters. The van der Waals surface area contributed by atoms with E-state index in [-0.39, 0.29) is 5.92 Å². The third-order valence-electron chi connectivity index (χ3n) is 4.12. The number of aromatic amines is 1. The lowest BCUT2D eigenvalue weighted by atomic mass is 10.00. The van der Waals surface area contributed by atoms with Crippen molar-refractivity contribution in [3.63, 3.8) is 0 Å². The molecule has 0 bridgehead atoms. The molecule has 0 aromatic carbocycles. The Bertz CT molecular complexity index is 837. The van der Waals surface area contributed by atoms with Crippen LogP contribution in [0.5, 0.6) is 0 Å². The number of aromatic nitrogens is 2. The van der Waals surface area contributed by atoms with Gasteiger partial charge >= 0.3 is 5.69 Å². The molecule has 22 heavy (non-hydrogen) atoms. The number of nitrogens with one attached hydrogen (secondary N) is 2. The summed E-state index contributed by atoms with van der Waals surface area (Å²) >= 11 is 0. The Morgan fingerprint density at radius 3 is 2.77 bits per heavy atom. The van der Waals surface area contributed by atoms with Gasteiger partial charge in [-0.1, -0.05) is 13.8 Å². The molecule has 114 valence electrons. The van der Waals surface area contributed by atoms with Gasteiger partial charge in [0.1, 0.15) is 5.70 Å². The van der Waals surface area contributed by atoms with E-state index in [1.165, 1.54) is 16.8 Å². The van der Waals surface area contributed by atoms with E-state index < -0.39 is 11.2 Å². The summed E-state index contributed by atoms with van der Waals surface area (Å²) in [6, 6.07) is 1.25. The topological polar surface area (TPSA) is 96.3 Å². The van der Waals surface area contributed by atoms with Crippen molar-refractivity contribution in [3.8, 4) is 0 Å². The standard InChI is InChI=1S/C15H16N4O3/c1-8(2)9-5-10(9)11-6-13(18-17-12(11)7-20)19-4-3-14(21)16-15(19)22/h3-4,6,8-10,17H,5H2,1-2H3,(H,16,21,22)/t9-,10+/m1/s1. The Kier molecular flexibility index (Phi) is 3.42. The first-order valence-electron chi connectivity index (χ1n) is 7.14. The van der Waals surface area contributed by atoms with Crippen LogP contribution in [0.4, 0.5) is 0 Å². The minimum Gasteiger partial charge on any atom is -0.274 e. The molecule has 1 aliphatic carbocycles. The van der Waals surface area contributed by atoms with E-state index in [0.29, 0.717) is 23.4 Å². The number of hydrazone groups is 1. The van der Waals surface area contributed by atoms with E-state index in [0.717, 1.165) is 12.0 Å². The molecule has 1 aromatic heterocycles. The Hall–Kier alpha value is -2.66. The van der Waals surface area contributed by atoms with Gasteiger partial charge in [0.15, 0.2) is 11.8 Å². The summed E-state index contributed by atoms with van der Waals surface area (Å²) in [6.45, 7) is 4.29. The summed E-state index contributed by atoms with van der Waals surface area (Å²) in [5, 5.41) is 4.00. The molecule has 7 nitrogen and oxygen atoms in total. The van der Waals surface area contributed by atoms with E-state index in [2.05, 4.69) is 29.4 Å². The summed E-state index contributed by atoms with van der Waals surface area (Å²) in [7, 11) is 0. The van der Waals surface area contributed by atoms with Crippen LogP contribution in [-0.4, -0.2) is 21.3 Å². The average molecular weight is 300 g/mol. The number of nitrogens with zero attached hydrogens (tertiary/aromatic N) is 2. The second-order valence-electron chi connectivity index (χ2n) is 5.89. The maximum Gasteiger partial charge on any atom is 0.334 e. The van der Waals surface area contributed by atoms with Crippen molar-refractivity contribution in [1.82, 2.24) is 15.0 Å². The number of hydrogen-bond acceptors (Lipinski definition) is 5. The maximum absolute atomic E-state index is 11.8. The molecule has 0 spiro atoms. The van der Waals surface area contributed by atoms with Crippen LogP contribution in [0.25, 0.3) is 0 Å². The van der Waals surface area contributed by atoms with Gasteiger partial charge < -0.3 is 0 Å². The lowest BCUT2D eigenvalue weighted by Gasteiger charge is -2.16. The van der Waals surface area contributed by atoms with Gasteiger partial charge in [0.05, 0.1) is 0 Å². The minimum absolute atomic E-state index is 0.271. The molecule has 2 heterocycles. The van der Waals surface area contributed by atoms with Crippen molar-refractivity contribution >= 4 is 11.8 Å². The highest BCUT2D eigenvalue weighted by Gasteiger charge is 2.43. The number of rotatable bonds is 2. The molecule has 2 atom stereocenters. The Morgan fingerprint density at radius 2 is 2.18 bits per heavy atom. The zero-order valence-corrected chi connectivity index (χ0v) is 12.3. The van der Waals surface area contributed by atoms with Crippen LogP contribution in [0.1, 0.15) is 20.3 Å². The van der Waals surface area contributed by atoms with Crippen LogP contribution in [0.2, 0.25) is 0 Å². The fraction of sp³-hybridized carbons (Fsp3) is 0.400. The third-order valence-corrected chi connectivity index (χ3v) is 4.12. The summed E-state index contributed by atoms with van der Waals surface area (Å²) in [6.07, 6.45) is 4.08. The monoisotopic (exact) mass is 300 g/mol. The molecular weight excluding hydrogens is 284 g/mol. The molecule has 2 N–H and O–H groups in total. The van der Waals surface area contributed by atoms with Crippen molar-refractivity contribution < 1.29 is 4.79 Å². The van der Waals surface area contributed by atoms with Gasteiger partial charge in [-0.2, -0.15) is 5.10 Å². The fourth-order valence-corrected chi connectivity index (χ4v) is 2.83. The predicted octanol–water partition coefficient (Wildman–Crippen LogP) is 0.235. The summed E-state index contributed by atoms with van der Waals surface area (Å²) < 4.78 is 1.22. The minimum atomic E-state index is -0.571. The van der Waals surface area contributed by atoms with Crippen LogP contribution in [0, 0.1) is 17.8 Å². The highest BCUT2D eigenvalue weighted by molar-refractivity contribution is 5.97. The van der Waals surface area contributed by atoms with Crippen molar-refractivity contribution in [1.29, 1.82) is 0 Å². The molecular formula is C15H16N4O3. The van der Waals surface area contributed by atoms with Crippen molar-refractivity contribution in [2.45, 2.75) is 20.3 Å². The van der Waals surface area contributed by atoms with Crippen LogP contribution in [0.15, 0.2) is 44.3 Å². The number of allylic oxidation sites excluding steroid dienone is 2. The molecule has 2 aliphatic rings. The Balaban J connectivity index is 1.99. The zero-order chi connectivity index (χ0) is 15.9. The first-order chi connectivity index (χ1) is 10.5. The second kappa shape index (κ2) is 5.27. The Morgan fingerprint density at radius 1 is 1.41 bits per heavy atom. The molecule has 1 aromatic rings. The van der Waals surface area contributed by atoms with Crippen LogP contribution in [-0.2, 0) is 4.79 Å². The average Bonchev–Trinajstić information content (AvgIpc) is 3.27. The van der Waals surface area contributed by atoms with Crippen LogP contribution in [0.3, 0.4) is 0 Å². The lowest BCUT2D eigenvalue weighted by Crippen LogP contribution is -2.35. The molecule has 0 radical (unpaired) electrons. The van der Waals surface area contributed by atoms with Gasteiger partial charge in [0.2, 0.25) is 0 Å². The first kappa shape index (κ1) is 14.3. The van der Waals surface area contributed by atoms with Crippen molar-refractivity contribution in [3.05, 3.63) is 50.4 Å². The van der Waals surface area contributed by atoms with Crippen molar-refractivity contribution in [2.75, 3.05) is 0 Å². The largest absolute Gasteiger partial charge is 0.334 e. The highest BCUT2D eigenvalue weighted by atomic mass is 16.2. The Labute approximate surface area is 126 Å². The highest BCUT2D eigenvalue weighted by Crippen LogP contribution is 2.50. The van der Waals surface area contributed by atoms with E-state index in [4.69, 9.17) is 0 Å². The van der Waals surface area contributed by atoms with Gasteiger partial charge in [0, 0.05) is 12.3 Å². The molecule has 1 aliphatic heterocycles. The van der Waals surface area contributed by atoms with Gasteiger partial charge in [-0.05, 0) is 35.8 Å². The van der Waals surface area contributed by atoms with E-state index >= 15 is 0 Å². The molecule has 7 heteroatoms.